The Morgan fingerprint density at radius 2 is 1.75 bits per heavy atom. The highest BCUT2D eigenvalue weighted by Crippen LogP contribution is 2.27. The second-order valence-electron chi connectivity index (χ2n) is 8.00. The molecule has 1 atom stereocenters. The van der Waals surface area contributed by atoms with Crippen molar-refractivity contribution >= 4 is 17.5 Å². The number of rotatable bonds is 7. The van der Waals surface area contributed by atoms with Gasteiger partial charge in [-0.2, -0.15) is 5.10 Å². The molecule has 166 valence electrons. The van der Waals surface area contributed by atoms with Crippen LogP contribution in [-0.2, 0) is 16.1 Å². The van der Waals surface area contributed by atoms with Gasteiger partial charge in [0.25, 0.3) is 5.91 Å². The summed E-state index contributed by atoms with van der Waals surface area (Å²) in [5.41, 5.74) is 1.89. The maximum atomic E-state index is 12.8. The first-order valence-corrected chi connectivity index (χ1v) is 11.0. The topological polar surface area (TPSA) is 76.5 Å². The van der Waals surface area contributed by atoms with Crippen LogP contribution in [0, 0.1) is 0 Å². The number of nitrogens with one attached hydrogen (secondary N) is 1. The number of nitrogens with zero attached hydrogens (tertiary/aromatic N) is 3. The summed E-state index contributed by atoms with van der Waals surface area (Å²) in [4.78, 5) is 26.8. The second kappa shape index (κ2) is 10.6. The average molecular weight is 433 g/mol. The van der Waals surface area contributed by atoms with Crippen molar-refractivity contribution in [2.45, 2.75) is 31.7 Å². The Morgan fingerprint density at radius 1 is 1.00 bits per heavy atom. The van der Waals surface area contributed by atoms with Crippen molar-refractivity contribution in [2.24, 2.45) is 0 Å². The molecule has 1 aromatic heterocycles. The molecule has 1 fully saturated rings. The van der Waals surface area contributed by atoms with Gasteiger partial charge in [-0.15, -0.1) is 0 Å². The first kappa shape index (κ1) is 21.6. The predicted octanol–water partition coefficient (Wildman–Crippen LogP) is 3.70. The van der Waals surface area contributed by atoms with Gasteiger partial charge in [0, 0.05) is 19.3 Å². The summed E-state index contributed by atoms with van der Waals surface area (Å²) in [5, 5.41) is 6.97. The predicted molar refractivity (Wildman–Crippen MR) is 122 cm³/mol. The Kier molecular flexibility index (Phi) is 7.17. The molecule has 7 heteroatoms. The van der Waals surface area contributed by atoms with Gasteiger partial charge in [0.15, 0.2) is 6.61 Å². The normalized spacial score (nSPS) is 16.2. The number of amides is 2. The van der Waals surface area contributed by atoms with Crippen molar-refractivity contribution in [3.05, 3.63) is 78.6 Å². The Hall–Kier alpha value is -3.61. The van der Waals surface area contributed by atoms with Crippen molar-refractivity contribution < 1.29 is 14.3 Å². The van der Waals surface area contributed by atoms with Gasteiger partial charge in [0.2, 0.25) is 5.91 Å². The standard InChI is InChI=1S/C25H28N4O3/c30-24(19-32-23-11-5-2-6-12-23)27-22-16-26-29(17-22)18-25(31)28-14-7-10-21(13-15-28)20-8-3-1-4-9-20/h1-6,8-9,11-12,16-17,21H,7,10,13-15,18-19H2,(H,27,30)/t21-/m1/s1. The van der Waals surface area contributed by atoms with Crippen LogP contribution in [0.2, 0.25) is 0 Å². The van der Waals surface area contributed by atoms with E-state index < -0.39 is 0 Å². The van der Waals surface area contributed by atoms with Gasteiger partial charge in [0.1, 0.15) is 12.3 Å². The van der Waals surface area contributed by atoms with E-state index in [1.807, 2.05) is 29.2 Å². The summed E-state index contributed by atoms with van der Waals surface area (Å²) in [7, 11) is 0. The van der Waals surface area contributed by atoms with E-state index in [-0.39, 0.29) is 25.0 Å². The second-order valence-corrected chi connectivity index (χ2v) is 8.00. The SMILES string of the molecule is O=C(COc1ccccc1)Nc1cnn(CC(=O)N2CCC[C@@H](c3ccccc3)CC2)c1. The Bertz CT molecular complexity index is 1020. The van der Waals surface area contributed by atoms with Crippen LogP contribution in [0.5, 0.6) is 5.75 Å². The van der Waals surface area contributed by atoms with E-state index in [9.17, 15) is 9.59 Å². The quantitative estimate of drug-likeness (QED) is 0.618. The lowest BCUT2D eigenvalue weighted by Crippen LogP contribution is -2.34. The van der Waals surface area contributed by atoms with Gasteiger partial charge in [0.05, 0.1) is 11.9 Å². The lowest BCUT2D eigenvalue weighted by Gasteiger charge is -2.20. The molecule has 3 aromatic rings. The molecular formula is C25H28N4O3. The molecule has 1 N–H and O–H groups in total. The molecule has 1 aliphatic heterocycles. The van der Waals surface area contributed by atoms with Gasteiger partial charge < -0.3 is 15.0 Å². The van der Waals surface area contributed by atoms with Crippen molar-refractivity contribution in [3.63, 3.8) is 0 Å². The molecule has 32 heavy (non-hydrogen) atoms. The molecule has 1 saturated heterocycles. The molecule has 0 saturated carbocycles. The fourth-order valence-electron chi connectivity index (χ4n) is 4.02. The summed E-state index contributed by atoms with van der Waals surface area (Å²) in [6.07, 6.45) is 6.27. The third kappa shape index (κ3) is 5.97. The summed E-state index contributed by atoms with van der Waals surface area (Å²) in [6.45, 7) is 1.58. The number of hydrogen-bond acceptors (Lipinski definition) is 4. The number of carbonyl (C=O) groups excluding carboxylic acids is 2. The number of anilines is 1. The van der Waals surface area contributed by atoms with Gasteiger partial charge in [-0.05, 0) is 42.9 Å². The van der Waals surface area contributed by atoms with E-state index in [0.29, 0.717) is 17.4 Å². The Morgan fingerprint density at radius 3 is 2.53 bits per heavy atom. The van der Waals surface area contributed by atoms with Crippen molar-refractivity contribution in [3.8, 4) is 5.75 Å². The van der Waals surface area contributed by atoms with Crippen LogP contribution in [0.3, 0.4) is 0 Å². The van der Waals surface area contributed by atoms with Crippen molar-refractivity contribution in [1.82, 2.24) is 14.7 Å². The number of carbonyl (C=O) groups is 2. The lowest BCUT2D eigenvalue weighted by molar-refractivity contribution is -0.132. The molecule has 2 heterocycles. The van der Waals surface area contributed by atoms with Gasteiger partial charge in [-0.1, -0.05) is 48.5 Å². The number of hydrogen-bond donors (Lipinski definition) is 1. The molecule has 7 nitrogen and oxygen atoms in total. The number of likely N-dealkylation sites (tertiary alicyclic amines) is 1. The molecule has 2 amide bonds. The van der Waals surface area contributed by atoms with Crippen LogP contribution in [0.25, 0.3) is 0 Å². The number of aromatic nitrogens is 2. The molecule has 1 aliphatic rings. The van der Waals surface area contributed by atoms with Gasteiger partial charge in [-0.25, -0.2) is 0 Å². The van der Waals surface area contributed by atoms with Crippen molar-refractivity contribution in [2.75, 3.05) is 25.0 Å². The summed E-state index contributed by atoms with van der Waals surface area (Å²) in [6, 6.07) is 19.7. The van der Waals surface area contributed by atoms with E-state index in [2.05, 4.69) is 34.7 Å². The number of ether oxygens (including phenoxy) is 1. The zero-order valence-electron chi connectivity index (χ0n) is 18.0. The summed E-state index contributed by atoms with van der Waals surface area (Å²) in [5.74, 6) is 0.904. The van der Waals surface area contributed by atoms with Gasteiger partial charge >= 0.3 is 0 Å². The van der Waals surface area contributed by atoms with Crippen LogP contribution >= 0.6 is 0 Å². The molecular weight excluding hydrogens is 404 g/mol. The molecule has 0 aliphatic carbocycles. The molecule has 0 unspecified atom stereocenters. The lowest BCUT2D eigenvalue weighted by atomic mass is 9.92. The average Bonchev–Trinajstić information content (AvgIpc) is 3.10. The maximum absolute atomic E-state index is 12.8. The molecule has 0 radical (unpaired) electrons. The van der Waals surface area contributed by atoms with Crippen LogP contribution in [0.1, 0.15) is 30.7 Å². The highest BCUT2D eigenvalue weighted by molar-refractivity contribution is 5.91. The minimum absolute atomic E-state index is 0.0482. The fraction of sp³-hybridized carbons (Fsp3) is 0.320. The number of para-hydroxylation sites is 1. The third-order valence-corrected chi connectivity index (χ3v) is 5.68. The van der Waals surface area contributed by atoms with Crippen LogP contribution in [-0.4, -0.2) is 46.2 Å². The van der Waals surface area contributed by atoms with Crippen LogP contribution < -0.4 is 10.1 Å². The summed E-state index contributed by atoms with van der Waals surface area (Å²) >= 11 is 0. The highest BCUT2D eigenvalue weighted by atomic mass is 16.5. The Labute approximate surface area is 188 Å². The zero-order chi connectivity index (χ0) is 22.2. The van der Waals surface area contributed by atoms with Crippen LogP contribution in [0.4, 0.5) is 5.69 Å². The fourth-order valence-corrected chi connectivity index (χ4v) is 4.02. The monoisotopic (exact) mass is 432 g/mol. The third-order valence-electron chi connectivity index (χ3n) is 5.68. The first-order valence-electron chi connectivity index (χ1n) is 11.0. The molecule has 2 aromatic carbocycles. The minimum Gasteiger partial charge on any atom is -0.484 e. The van der Waals surface area contributed by atoms with Crippen LogP contribution in [0.15, 0.2) is 73.1 Å². The minimum atomic E-state index is -0.279. The smallest absolute Gasteiger partial charge is 0.262 e. The first-order chi connectivity index (χ1) is 15.7. The largest absolute Gasteiger partial charge is 0.484 e. The van der Waals surface area contributed by atoms with E-state index >= 15 is 0 Å². The van der Waals surface area contributed by atoms with Crippen molar-refractivity contribution in [1.29, 1.82) is 0 Å². The molecule has 4 rings (SSSR count). The number of benzene rings is 2. The highest BCUT2D eigenvalue weighted by Gasteiger charge is 2.22. The van der Waals surface area contributed by atoms with E-state index in [0.717, 1.165) is 32.4 Å². The van der Waals surface area contributed by atoms with E-state index in [1.165, 1.54) is 5.56 Å². The zero-order valence-corrected chi connectivity index (χ0v) is 18.0. The maximum Gasteiger partial charge on any atom is 0.262 e. The van der Waals surface area contributed by atoms with E-state index in [4.69, 9.17) is 4.74 Å². The molecule has 0 spiro atoms. The van der Waals surface area contributed by atoms with Gasteiger partial charge in [-0.3, -0.25) is 14.3 Å². The van der Waals surface area contributed by atoms with E-state index in [1.54, 1.807) is 29.2 Å². The molecule has 0 bridgehead atoms. The summed E-state index contributed by atoms with van der Waals surface area (Å²) < 4.78 is 7.01. The Balaban J connectivity index is 1.25.